The van der Waals surface area contributed by atoms with Crippen LogP contribution >= 0.6 is 11.3 Å². The summed E-state index contributed by atoms with van der Waals surface area (Å²) in [6.07, 6.45) is -0.754. The lowest BCUT2D eigenvalue weighted by Crippen LogP contribution is -2.50. The minimum atomic E-state index is -0.505. The molecule has 1 aromatic rings. The molecule has 1 N–H and O–H groups in total. The Labute approximate surface area is 135 Å². The number of hydrogen-bond acceptors (Lipinski definition) is 6. The molecule has 2 heterocycles. The van der Waals surface area contributed by atoms with E-state index in [1.165, 1.54) is 0 Å². The molecular weight excluding hydrogens is 304 g/mol. The minimum Gasteiger partial charge on any atom is -0.450 e. The largest absolute Gasteiger partial charge is 0.450 e. The second-order valence-electron chi connectivity index (χ2n) is 5.23. The van der Waals surface area contributed by atoms with Gasteiger partial charge >= 0.3 is 6.09 Å². The van der Waals surface area contributed by atoms with Crippen LogP contribution in [0.25, 0.3) is 0 Å². The summed E-state index contributed by atoms with van der Waals surface area (Å²) in [5.74, 6) is 0. The fraction of sp³-hybridized carbons (Fsp3) is 0.667. The van der Waals surface area contributed by atoms with E-state index in [2.05, 4.69) is 4.90 Å². The van der Waals surface area contributed by atoms with E-state index in [1.54, 1.807) is 23.2 Å². The van der Waals surface area contributed by atoms with Crippen LogP contribution in [0.5, 0.6) is 0 Å². The van der Waals surface area contributed by atoms with Gasteiger partial charge in [0.2, 0.25) is 0 Å². The highest BCUT2D eigenvalue weighted by Crippen LogP contribution is 2.10. The number of piperazine rings is 1. The predicted octanol–water partition coefficient (Wildman–Crippen LogP) is 1.40. The van der Waals surface area contributed by atoms with Crippen LogP contribution in [-0.4, -0.2) is 73.0 Å². The van der Waals surface area contributed by atoms with Gasteiger partial charge in [-0.05, 0) is 18.4 Å². The molecule has 0 aliphatic carbocycles. The van der Waals surface area contributed by atoms with E-state index in [1.807, 2.05) is 17.5 Å². The zero-order chi connectivity index (χ0) is 15.8. The molecular formula is C15H24N2O4S. The highest BCUT2D eigenvalue weighted by atomic mass is 32.1. The Kier molecular flexibility index (Phi) is 7.11. The van der Waals surface area contributed by atoms with Gasteiger partial charge < -0.3 is 19.5 Å². The third-order valence-corrected chi connectivity index (χ3v) is 4.35. The Bertz CT molecular complexity index is 433. The highest BCUT2D eigenvalue weighted by Gasteiger charge is 2.23. The number of carbonyl (C=O) groups is 1. The Hall–Kier alpha value is -1.15. The normalized spacial score (nSPS) is 17.5. The van der Waals surface area contributed by atoms with Crippen molar-refractivity contribution in [3.05, 3.63) is 22.4 Å². The second-order valence-corrected chi connectivity index (χ2v) is 6.27. The Morgan fingerprint density at radius 3 is 2.82 bits per heavy atom. The van der Waals surface area contributed by atoms with Gasteiger partial charge in [-0.25, -0.2) is 4.79 Å². The maximum atomic E-state index is 11.6. The molecule has 0 aromatic carbocycles. The van der Waals surface area contributed by atoms with Crippen molar-refractivity contribution in [3.8, 4) is 0 Å². The minimum absolute atomic E-state index is 0.248. The highest BCUT2D eigenvalue weighted by molar-refractivity contribution is 7.09. The summed E-state index contributed by atoms with van der Waals surface area (Å²) < 4.78 is 10.5. The summed E-state index contributed by atoms with van der Waals surface area (Å²) in [6.45, 7) is 6.44. The van der Waals surface area contributed by atoms with E-state index in [0.29, 0.717) is 39.5 Å². The van der Waals surface area contributed by atoms with Crippen molar-refractivity contribution in [2.45, 2.75) is 19.6 Å². The molecule has 1 saturated heterocycles. The van der Waals surface area contributed by atoms with Crippen molar-refractivity contribution < 1.29 is 19.4 Å². The van der Waals surface area contributed by atoms with Crippen LogP contribution in [0.2, 0.25) is 0 Å². The number of hydrogen-bond donors (Lipinski definition) is 1. The van der Waals surface area contributed by atoms with Gasteiger partial charge in [0.1, 0.15) is 0 Å². The van der Waals surface area contributed by atoms with Gasteiger partial charge in [0.25, 0.3) is 0 Å². The van der Waals surface area contributed by atoms with Gasteiger partial charge in [-0.15, -0.1) is 11.3 Å². The molecule has 22 heavy (non-hydrogen) atoms. The van der Waals surface area contributed by atoms with Gasteiger partial charge in [0.15, 0.2) is 0 Å². The summed E-state index contributed by atoms with van der Waals surface area (Å²) in [6, 6.07) is 4.01. The monoisotopic (exact) mass is 328 g/mol. The number of nitrogens with zero attached hydrogens (tertiary/aromatic N) is 2. The number of ether oxygens (including phenoxy) is 2. The van der Waals surface area contributed by atoms with Crippen molar-refractivity contribution in [1.82, 2.24) is 9.80 Å². The van der Waals surface area contributed by atoms with E-state index in [-0.39, 0.29) is 6.09 Å². The van der Waals surface area contributed by atoms with E-state index < -0.39 is 6.10 Å². The van der Waals surface area contributed by atoms with Crippen LogP contribution in [-0.2, 0) is 16.1 Å². The first-order valence-corrected chi connectivity index (χ1v) is 8.49. The molecule has 1 fully saturated rings. The number of carbonyl (C=O) groups excluding carboxylic acids is 1. The molecule has 7 heteroatoms. The van der Waals surface area contributed by atoms with Crippen LogP contribution in [0, 0.1) is 0 Å². The summed E-state index contributed by atoms with van der Waals surface area (Å²) in [5, 5.41) is 12.0. The number of rotatable bonds is 7. The predicted molar refractivity (Wildman–Crippen MR) is 85.0 cm³/mol. The van der Waals surface area contributed by atoms with Crippen molar-refractivity contribution >= 4 is 17.4 Å². The number of aliphatic hydroxyl groups excluding tert-OH is 1. The Morgan fingerprint density at radius 1 is 1.41 bits per heavy atom. The quantitative estimate of drug-likeness (QED) is 0.820. The fourth-order valence-corrected chi connectivity index (χ4v) is 3.01. The second kappa shape index (κ2) is 9.09. The molecule has 124 valence electrons. The molecule has 6 nitrogen and oxygen atoms in total. The van der Waals surface area contributed by atoms with Gasteiger partial charge in [-0.1, -0.05) is 6.07 Å². The Balaban J connectivity index is 1.60. The van der Waals surface area contributed by atoms with Gasteiger partial charge in [0, 0.05) is 37.6 Å². The smallest absolute Gasteiger partial charge is 0.409 e. The van der Waals surface area contributed by atoms with Gasteiger partial charge in [-0.3, -0.25) is 4.90 Å². The number of β-amino-alcohol motifs (C(OH)–C–C–N with tert-alkyl or cyclic N) is 1. The maximum absolute atomic E-state index is 11.6. The molecule has 0 saturated carbocycles. The molecule has 0 bridgehead atoms. The molecule has 1 aliphatic rings. The van der Waals surface area contributed by atoms with Crippen LogP contribution in [0.1, 0.15) is 11.8 Å². The average molecular weight is 328 g/mol. The van der Waals surface area contributed by atoms with E-state index in [0.717, 1.165) is 18.0 Å². The maximum Gasteiger partial charge on any atom is 0.409 e. The molecule has 1 aliphatic heterocycles. The van der Waals surface area contributed by atoms with Crippen LogP contribution < -0.4 is 0 Å². The molecule has 1 aromatic heterocycles. The third kappa shape index (κ3) is 5.57. The third-order valence-electron chi connectivity index (χ3n) is 3.50. The van der Waals surface area contributed by atoms with Crippen molar-refractivity contribution in [2.24, 2.45) is 0 Å². The first-order chi connectivity index (χ1) is 10.7. The lowest BCUT2D eigenvalue weighted by atomic mass is 10.3. The molecule has 1 amide bonds. The fourth-order valence-electron chi connectivity index (χ4n) is 2.37. The topological polar surface area (TPSA) is 62.2 Å². The van der Waals surface area contributed by atoms with Crippen molar-refractivity contribution in [2.75, 3.05) is 45.9 Å². The number of aliphatic hydroxyl groups is 1. The summed E-state index contributed by atoms with van der Waals surface area (Å²) in [5.41, 5.74) is 0. The number of thiophene rings is 1. The average Bonchev–Trinajstić information content (AvgIpc) is 3.01. The van der Waals surface area contributed by atoms with Crippen molar-refractivity contribution in [3.63, 3.8) is 0 Å². The zero-order valence-corrected chi connectivity index (χ0v) is 13.8. The zero-order valence-electron chi connectivity index (χ0n) is 12.9. The van der Waals surface area contributed by atoms with E-state index in [9.17, 15) is 9.90 Å². The molecule has 0 spiro atoms. The number of amides is 1. The van der Waals surface area contributed by atoms with Gasteiger partial charge in [-0.2, -0.15) is 0 Å². The van der Waals surface area contributed by atoms with E-state index >= 15 is 0 Å². The first kappa shape index (κ1) is 17.2. The lowest BCUT2D eigenvalue weighted by molar-refractivity contribution is 0.00183. The van der Waals surface area contributed by atoms with Crippen LogP contribution in [0.4, 0.5) is 4.79 Å². The Morgan fingerprint density at radius 2 is 2.18 bits per heavy atom. The molecule has 2 rings (SSSR count). The summed E-state index contributed by atoms with van der Waals surface area (Å²) in [4.78, 5) is 16.6. The van der Waals surface area contributed by atoms with Crippen molar-refractivity contribution in [1.29, 1.82) is 0 Å². The van der Waals surface area contributed by atoms with E-state index in [4.69, 9.17) is 9.47 Å². The molecule has 0 radical (unpaired) electrons. The molecule has 0 unspecified atom stereocenters. The lowest BCUT2D eigenvalue weighted by Gasteiger charge is -2.34. The first-order valence-electron chi connectivity index (χ1n) is 7.61. The summed E-state index contributed by atoms with van der Waals surface area (Å²) in [7, 11) is 0. The van der Waals surface area contributed by atoms with Gasteiger partial charge in [0.05, 0.1) is 25.9 Å². The standard InChI is InChI=1S/C15H24N2O4S/c1-2-21-15(19)17-7-5-16(6-8-17)10-13(18)11-20-12-14-4-3-9-22-14/h3-4,9,13,18H,2,5-8,10-12H2,1H3/t13-/m0/s1. The van der Waals surface area contributed by atoms with Crippen LogP contribution in [0.3, 0.4) is 0 Å². The molecule has 1 atom stereocenters. The SMILES string of the molecule is CCOC(=O)N1CCN(C[C@H](O)COCc2cccs2)CC1. The summed E-state index contributed by atoms with van der Waals surface area (Å²) >= 11 is 1.65. The van der Waals surface area contributed by atoms with Crippen LogP contribution in [0.15, 0.2) is 17.5 Å².